The fourth-order valence-electron chi connectivity index (χ4n) is 3.07. The maximum Gasteiger partial charge on any atom is 0.306 e. The van der Waals surface area contributed by atoms with Crippen molar-refractivity contribution in [2.24, 2.45) is 17.8 Å². The molecule has 3 nitrogen and oxygen atoms in total. The minimum absolute atomic E-state index is 0.0725. The van der Waals surface area contributed by atoms with E-state index in [0.717, 1.165) is 38.1 Å². The average Bonchev–Trinajstić information content (AvgIpc) is 3.15. The van der Waals surface area contributed by atoms with E-state index in [1.807, 2.05) is 0 Å². The fourth-order valence-corrected chi connectivity index (χ4v) is 3.07. The lowest BCUT2D eigenvalue weighted by Crippen LogP contribution is -2.36. The Hall–Kier alpha value is -0.570. The minimum Gasteiger partial charge on any atom is -0.481 e. The van der Waals surface area contributed by atoms with Gasteiger partial charge in [-0.05, 0) is 63.3 Å². The molecule has 0 saturated heterocycles. The highest BCUT2D eigenvalue weighted by Gasteiger charge is 2.31. The van der Waals surface area contributed by atoms with Crippen molar-refractivity contribution in [1.29, 1.82) is 0 Å². The molecule has 2 saturated carbocycles. The van der Waals surface area contributed by atoms with Crippen LogP contribution in [0, 0.1) is 17.8 Å². The van der Waals surface area contributed by atoms with Gasteiger partial charge in [0.15, 0.2) is 0 Å². The van der Waals surface area contributed by atoms with Gasteiger partial charge in [-0.3, -0.25) is 4.79 Å². The second-order valence-electron chi connectivity index (χ2n) is 5.82. The van der Waals surface area contributed by atoms with Crippen LogP contribution in [0.3, 0.4) is 0 Å². The molecule has 1 unspecified atom stereocenters. The summed E-state index contributed by atoms with van der Waals surface area (Å²) < 4.78 is 0. The van der Waals surface area contributed by atoms with Crippen LogP contribution in [0.2, 0.25) is 0 Å². The monoisotopic (exact) mass is 239 g/mol. The third-order valence-electron chi connectivity index (χ3n) is 4.50. The molecular formula is C14H25NO2. The Labute approximate surface area is 104 Å². The summed E-state index contributed by atoms with van der Waals surface area (Å²) in [6, 6.07) is 0.715. The van der Waals surface area contributed by atoms with Crippen molar-refractivity contribution in [3.63, 3.8) is 0 Å². The molecular weight excluding hydrogens is 214 g/mol. The van der Waals surface area contributed by atoms with Crippen LogP contribution in [0.4, 0.5) is 0 Å². The topological polar surface area (TPSA) is 49.3 Å². The van der Waals surface area contributed by atoms with Crippen LogP contribution in [0.5, 0.6) is 0 Å². The minimum atomic E-state index is -0.596. The number of hydrogen-bond acceptors (Lipinski definition) is 2. The van der Waals surface area contributed by atoms with Crippen molar-refractivity contribution in [1.82, 2.24) is 5.32 Å². The number of nitrogens with one attached hydrogen (secondary N) is 1. The van der Waals surface area contributed by atoms with Crippen LogP contribution < -0.4 is 5.32 Å². The standard InChI is InChI=1S/C14H25NO2/c1-2-13(11-7-8-11)15-9-10-3-5-12(6-4-10)14(16)17/h10-13,15H,2-9H2,1H3,(H,16,17). The summed E-state index contributed by atoms with van der Waals surface area (Å²) in [5, 5.41) is 12.6. The SMILES string of the molecule is CCC(NCC1CCC(C(=O)O)CC1)C1CC1. The summed E-state index contributed by atoms with van der Waals surface area (Å²) >= 11 is 0. The summed E-state index contributed by atoms with van der Waals surface area (Å²) in [6.07, 6.45) is 7.96. The fraction of sp³-hybridized carbons (Fsp3) is 0.929. The molecule has 0 aromatic carbocycles. The molecule has 0 aromatic rings. The molecule has 98 valence electrons. The van der Waals surface area contributed by atoms with Gasteiger partial charge in [0.2, 0.25) is 0 Å². The van der Waals surface area contributed by atoms with Gasteiger partial charge in [0, 0.05) is 6.04 Å². The highest BCUT2D eigenvalue weighted by molar-refractivity contribution is 5.69. The average molecular weight is 239 g/mol. The normalized spacial score (nSPS) is 31.1. The quantitative estimate of drug-likeness (QED) is 0.749. The number of carboxylic acids is 1. The highest BCUT2D eigenvalue weighted by atomic mass is 16.4. The maximum atomic E-state index is 10.9. The summed E-state index contributed by atoms with van der Waals surface area (Å²) in [7, 11) is 0. The third kappa shape index (κ3) is 3.70. The van der Waals surface area contributed by atoms with E-state index in [9.17, 15) is 4.79 Å². The first kappa shape index (κ1) is 12.9. The Morgan fingerprint density at radius 1 is 1.24 bits per heavy atom. The molecule has 0 bridgehead atoms. The Morgan fingerprint density at radius 2 is 1.88 bits per heavy atom. The van der Waals surface area contributed by atoms with Crippen LogP contribution in [0.1, 0.15) is 51.9 Å². The van der Waals surface area contributed by atoms with Gasteiger partial charge in [-0.2, -0.15) is 0 Å². The van der Waals surface area contributed by atoms with Gasteiger partial charge in [0.1, 0.15) is 0 Å². The molecule has 0 aliphatic heterocycles. The van der Waals surface area contributed by atoms with E-state index in [4.69, 9.17) is 5.11 Å². The molecule has 17 heavy (non-hydrogen) atoms. The number of aliphatic carboxylic acids is 1. The summed E-state index contributed by atoms with van der Waals surface area (Å²) in [6.45, 7) is 3.36. The molecule has 0 radical (unpaired) electrons. The number of carbonyl (C=O) groups is 1. The Kier molecular flexibility index (Phi) is 4.43. The largest absolute Gasteiger partial charge is 0.481 e. The predicted molar refractivity (Wildman–Crippen MR) is 67.9 cm³/mol. The van der Waals surface area contributed by atoms with Crippen LogP contribution in [-0.2, 0) is 4.79 Å². The van der Waals surface area contributed by atoms with E-state index in [0.29, 0.717) is 12.0 Å². The van der Waals surface area contributed by atoms with Gasteiger partial charge in [0.05, 0.1) is 5.92 Å². The predicted octanol–water partition coefficient (Wildman–Crippen LogP) is 2.66. The zero-order valence-electron chi connectivity index (χ0n) is 10.8. The van der Waals surface area contributed by atoms with Gasteiger partial charge in [-0.15, -0.1) is 0 Å². The van der Waals surface area contributed by atoms with E-state index in [-0.39, 0.29) is 5.92 Å². The summed E-state index contributed by atoms with van der Waals surface area (Å²) in [5.41, 5.74) is 0. The number of carboxylic acid groups (broad SMARTS) is 1. The summed E-state index contributed by atoms with van der Waals surface area (Å²) in [5.74, 6) is 0.964. The first-order valence-corrected chi connectivity index (χ1v) is 7.17. The molecule has 2 aliphatic rings. The van der Waals surface area contributed by atoms with Crippen molar-refractivity contribution in [2.45, 2.75) is 57.9 Å². The van der Waals surface area contributed by atoms with Crippen molar-refractivity contribution in [3.8, 4) is 0 Å². The van der Waals surface area contributed by atoms with E-state index in [1.54, 1.807) is 0 Å². The molecule has 0 amide bonds. The zero-order valence-corrected chi connectivity index (χ0v) is 10.8. The molecule has 2 rings (SSSR count). The zero-order chi connectivity index (χ0) is 12.3. The summed E-state index contributed by atoms with van der Waals surface area (Å²) in [4.78, 5) is 10.9. The lowest BCUT2D eigenvalue weighted by molar-refractivity contribution is -0.143. The van der Waals surface area contributed by atoms with E-state index >= 15 is 0 Å². The molecule has 0 spiro atoms. The Morgan fingerprint density at radius 3 is 2.35 bits per heavy atom. The first-order chi connectivity index (χ1) is 8.20. The van der Waals surface area contributed by atoms with Crippen LogP contribution in [0.25, 0.3) is 0 Å². The third-order valence-corrected chi connectivity index (χ3v) is 4.50. The number of hydrogen-bond donors (Lipinski definition) is 2. The van der Waals surface area contributed by atoms with Crippen LogP contribution >= 0.6 is 0 Å². The first-order valence-electron chi connectivity index (χ1n) is 7.17. The smallest absolute Gasteiger partial charge is 0.306 e. The molecule has 1 atom stereocenters. The molecule has 2 fully saturated rings. The molecule has 2 N–H and O–H groups in total. The Balaban J connectivity index is 1.65. The molecule has 0 aromatic heterocycles. The van der Waals surface area contributed by atoms with Gasteiger partial charge in [0.25, 0.3) is 0 Å². The molecule has 0 heterocycles. The highest BCUT2D eigenvalue weighted by Crippen LogP contribution is 2.34. The van der Waals surface area contributed by atoms with E-state index in [2.05, 4.69) is 12.2 Å². The lowest BCUT2D eigenvalue weighted by atomic mass is 9.82. The second-order valence-corrected chi connectivity index (χ2v) is 5.82. The van der Waals surface area contributed by atoms with Gasteiger partial charge in [-0.25, -0.2) is 0 Å². The van der Waals surface area contributed by atoms with E-state index < -0.39 is 5.97 Å². The maximum absolute atomic E-state index is 10.9. The van der Waals surface area contributed by atoms with Crippen molar-refractivity contribution in [2.75, 3.05) is 6.54 Å². The Bertz CT molecular complexity index is 255. The second kappa shape index (κ2) is 5.85. The molecule has 3 heteroatoms. The van der Waals surface area contributed by atoms with Crippen LogP contribution in [0.15, 0.2) is 0 Å². The number of rotatable bonds is 6. The van der Waals surface area contributed by atoms with Gasteiger partial charge in [-0.1, -0.05) is 6.92 Å². The van der Waals surface area contributed by atoms with Crippen molar-refractivity contribution >= 4 is 5.97 Å². The van der Waals surface area contributed by atoms with Gasteiger partial charge >= 0.3 is 5.97 Å². The van der Waals surface area contributed by atoms with Crippen LogP contribution in [-0.4, -0.2) is 23.7 Å². The lowest BCUT2D eigenvalue weighted by Gasteiger charge is -2.28. The molecule has 2 aliphatic carbocycles. The van der Waals surface area contributed by atoms with Gasteiger partial charge < -0.3 is 10.4 Å². The van der Waals surface area contributed by atoms with Crippen molar-refractivity contribution in [3.05, 3.63) is 0 Å². The van der Waals surface area contributed by atoms with E-state index in [1.165, 1.54) is 19.3 Å². The van der Waals surface area contributed by atoms with Crippen molar-refractivity contribution < 1.29 is 9.90 Å².